The van der Waals surface area contributed by atoms with Gasteiger partial charge in [0.15, 0.2) is 0 Å². The SMILES string of the molecule is CCOCCCN1CC(O)C(O)C1. The summed E-state index contributed by atoms with van der Waals surface area (Å²) < 4.78 is 5.20. The Morgan fingerprint density at radius 2 is 1.92 bits per heavy atom. The third-order valence-corrected chi connectivity index (χ3v) is 2.30. The van der Waals surface area contributed by atoms with Crippen molar-refractivity contribution in [1.82, 2.24) is 4.90 Å². The molecule has 0 bridgehead atoms. The van der Waals surface area contributed by atoms with E-state index in [2.05, 4.69) is 4.90 Å². The van der Waals surface area contributed by atoms with Crippen molar-refractivity contribution in [3.63, 3.8) is 0 Å². The van der Waals surface area contributed by atoms with Crippen molar-refractivity contribution in [2.75, 3.05) is 32.8 Å². The first-order chi connectivity index (χ1) is 6.24. The molecule has 1 aliphatic heterocycles. The Kier molecular flexibility index (Phi) is 4.66. The number of hydrogen-bond acceptors (Lipinski definition) is 4. The smallest absolute Gasteiger partial charge is 0.0938 e. The predicted molar refractivity (Wildman–Crippen MR) is 49.6 cm³/mol. The van der Waals surface area contributed by atoms with Gasteiger partial charge in [-0.25, -0.2) is 0 Å². The molecule has 0 aliphatic carbocycles. The molecule has 4 nitrogen and oxygen atoms in total. The Morgan fingerprint density at radius 1 is 1.31 bits per heavy atom. The molecule has 78 valence electrons. The van der Waals surface area contributed by atoms with Crippen LogP contribution in [0.25, 0.3) is 0 Å². The summed E-state index contributed by atoms with van der Waals surface area (Å²) in [5.41, 5.74) is 0. The highest BCUT2D eigenvalue weighted by atomic mass is 16.5. The van der Waals surface area contributed by atoms with Crippen LogP contribution in [0.1, 0.15) is 13.3 Å². The molecule has 2 atom stereocenters. The molecule has 4 heteroatoms. The van der Waals surface area contributed by atoms with Gasteiger partial charge in [0.25, 0.3) is 0 Å². The van der Waals surface area contributed by atoms with Crippen LogP contribution in [-0.2, 0) is 4.74 Å². The average molecular weight is 189 g/mol. The molecule has 0 aromatic rings. The van der Waals surface area contributed by atoms with Crippen LogP contribution < -0.4 is 0 Å². The number of nitrogens with zero attached hydrogens (tertiary/aromatic N) is 1. The van der Waals surface area contributed by atoms with Crippen LogP contribution in [0.4, 0.5) is 0 Å². The first kappa shape index (κ1) is 10.9. The molecule has 1 aliphatic rings. The number of aliphatic hydroxyl groups excluding tert-OH is 2. The van der Waals surface area contributed by atoms with E-state index in [1.165, 1.54) is 0 Å². The van der Waals surface area contributed by atoms with Crippen LogP contribution in [-0.4, -0.2) is 60.2 Å². The summed E-state index contributed by atoms with van der Waals surface area (Å²) in [5, 5.41) is 18.5. The molecule has 0 aromatic carbocycles. The van der Waals surface area contributed by atoms with E-state index < -0.39 is 12.2 Å². The fourth-order valence-corrected chi connectivity index (χ4v) is 1.56. The molecule has 2 N–H and O–H groups in total. The third kappa shape index (κ3) is 3.60. The van der Waals surface area contributed by atoms with Gasteiger partial charge in [0.05, 0.1) is 12.2 Å². The Balaban J connectivity index is 2.03. The molecule has 0 aromatic heterocycles. The summed E-state index contributed by atoms with van der Waals surface area (Å²) >= 11 is 0. The average Bonchev–Trinajstić information content (AvgIpc) is 2.41. The zero-order chi connectivity index (χ0) is 9.68. The summed E-state index contributed by atoms with van der Waals surface area (Å²) in [5.74, 6) is 0. The number of ether oxygens (including phenoxy) is 1. The van der Waals surface area contributed by atoms with Crippen molar-refractivity contribution in [2.24, 2.45) is 0 Å². The first-order valence-electron chi connectivity index (χ1n) is 4.90. The van der Waals surface area contributed by atoms with Crippen LogP contribution >= 0.6 is 0 Å². The quantitative estimate of drug-likeness (QED) is 0.570. The number of aliphatic hydroxyl groups is 2. The van der Waals surface area contributed by atoms with Gasteiger partial charge in [-0.05, 0) is 13.3 Å². The molecular formula is C9H19NO3. The van der Waals surface area contributed by atoms with Gasteiger partial charge in [0.2, 0.25) is 0 Å². The molecule has 13 heavy (non-hydrogen) atoms. The van der Waals surface area contributed by atoms with Crippen molar-refractivity contribution < 1.29 is 14.9 Å². The van der Waals surface area contributed by atoms with Gasteiger partial charge in [-0.15, -0.1) is 0 Å². The van der Waals surface area contributed by atoms with Gasteiger partial charge in [0.1, 0.15) is 0 Å². The zero-order valence-corrected chi connectivity index (χ0v) is 8.15. The zero-order valence-electron chi connectivity index (χ0n) is 8.15. The molecule has 2 unspecified atom stereocenters. The van der Waals surface area contributed by atoms with Crippen molar-refractivity contribution in [3.8, 4) is 0 Å². The second kappa shape index (κ2) is 5.54. The van der Waals surface area contributed by atoms with E-state index in [9.17, 15) is 10.2 Å². The standard InChI is InChI=1S/C9H19NO3/c1-2-13-5-3-4-10-6-8(11)9(12)7-10/h8-9,11-12H,2-7H2,1H3. The normalized spacial score (nSPS) is 29.8. The third-order valence-electron chi connectivity index (χ3n) is 2.30. The molecule has 0 radical (unpaired) electrons. The Bertz CT molecular complexity index is 133. The largest absolute Gasteiger partial charge is 0.389 e. The number of hydrogen-bond donors (Lipinski definition) is 2. The molecule has 0 amide bonds. The van der Waals surface area contributed by atoms with Gasteiger partial charge in [-0.3, -0.25) is 4.90 Å². The van der Waals surface area contributed by atoms with E-state index >= 15 is 0 Å². The maximum Gasteiger partial charge on any atom is 0.0938 e. The molecule has 0 spiro atoms. The van der Waals surface area contributed by atoms with Crippen molar-refractivity contribution in [2.45, 2.75) is 25.6 Å². The Labute approximate surface area is 79.1 Å². The predicted octanol–water partition coefficient (Wildman–Crippen LogP) is -0.550. The van der Waals surface area contributed by atoms with E-state index in [0.717, 1.165) is 26.2 Å². The van der Waals surface area contributed by atoms with E-state index in [0.29, 0.717) is 13.1 Å². The van der Waals surface area contributed by atoms with Crippen LogP contribution in [0.2, 0.25) is 0 Å². The lowest BCUT2D eigenvalue weighted by Crippen LogP contribution is -2.24. The first-order valence-corrected chi connectivity index (χ1v) is 4.90. The highest BCUT2D eigenvalue weighted by Gasteiger charge is 2.28. The molecule has 1 heterocycles. The summed E-state index contributed by atoms with van der Waals surface area (Å²) in [6.45, 7) is 5.57. The van der Waals surface area contributed by atoms with E-state index in [1.54, 1.807) is 0 Å². The molecule has 1 saturated heterocycles. The molecule has 1 rings (SSSR count). The Hall–Kier alpha value is -0.160. The fraction of sp³-hybridized carbons (Fsp3) is 1.00. The van der Waals surface area contributed by atoms with Crippen LogP contribution in [0, 0.1) is 0 Å². The fourth-order valence-electron chi connectivity index (χ4n) is 1.56. The maximum absolute atomic E-state index is 9.25. The second-order valence-corrected chi connectivity index (χ2v) is 3.44. The van der Waals surface area contributed by atoms with Gasteiger partial charge >= 0.3 is 0 Å². The highest BCUT2D eigenvalue weighted by Crippen LogP contribution is 2.09. The number of β-amino-alcohol motifs (C(OH)–C–C–N with tert-alkyl or cyclic N) is 2. The lowest BCUT2D eigenvalue weighted by molar-refractivity contribution is 0.0572. The Morgan fingerprint density at radius 3 is 2.46 bits per heavy atom. The van der Waals surface area contributed by atoms with Crippen LogP contribution in [0.3, 0.4) is 0 Å². The van der Waals surface area contributed by atoms with E-state index in [1.807, 2.05) is 6.92 Å². The molecule has 0 saturated carbocycles. The van der Waals surface area contributed by atoms with Gasteiger partial charge in [-0.1, -0.05) is 0 Å². The van der Waals surface area contributed by atoms with E-state index in [4.69, 9.17) is 4.74 Å². The number of likely N-dealkylation sites (tertiary alicyclic amines) is 1. The van der Waals surface area contributed by atoms with Crippen LogP contribution in [0.15, 0.2) is 0 Å². The lowest BCUT2D eigenvalue weighted by atomic mass is 10.3. The van der Waals surface area contributed by atoms with Crippen molar-refractivity contribution in [1.29, 1.82) is 0 Å². The molecule has 1 fully saturated rings. The number of rotatable bonds is 5. The summed E-state index contributed by atoms with van der Waals surface area (Å²) in [6, 6.07) is 0. The van der Waals surface area contributed by atoms with Crippen LogP contribution in [0.5, 0.6) is 0 Å². The summed E-state index contributed by atoms with van der Waals surface area (Å²) in [7, 11) is 0. The van der Waals surface area contributed by atoms with Gasteiger partial charge < -0.3 is 14.9 Å². The minimum atomic E-state index is -0.563. The monoisotopic (exact) mass is 189 g/mol. The van der Waals surface area contributed by atoms with Crippen molar-refractivity contribution in [3.05, 3.63) is 0 Å². The van der Waals surface area contributed by atoms with E-state index in [-0.39, 0.29) is 0 Å². The maximum atomic E-state index is 9.25. The van der Waals surface area contributed by atoms with Gasteiger partial charge in [0, 0.05) is 32.8 Å². The minimum absolute atomic E-state index is 0.563. The topological polar surface area (TPSA) is 52.9 Å². The second-order valence-electron chi connectivity index (χ2n) is 3.44. The molecular weight excluding hydrogens is 170 g/mol. The summed E-state index contributed by atoms with van der Waals surface area (Å²) in [6.07, 6.45) is -0.160. The lowest BCUT2D eigenvalue weighted by Gasteiger charge is -2.13. The minimum Gasteiger partial charge on any atom is -0.389 e. The summed E-state index contributed by atoms with van der Waals surface area (Å²) in [4.78, 5) is 2.06. The highest BCUT2D eigenvalue weighted by molar-refractivity contribution is 4.82. The van der Waals surface area contributed by atoms with Gasteiger partial charge in [-0.2, -0.15) is 0 Å². The van der Waals surface area contributed by atoms with Crippen molar-refractivity contribution >= 4 is 0 Å².